The topological polar surface area (TPSA) is 58.3 Å². The Morgan fingerprint density at radius 3 is 2.68 bits per heavy atom. The largest absolute Gasteiger partial charge is 0.356 e. The molecule has 0 amide bonds. The first-order valence-electron chi connectivity index (χ1n) is 9.01. The van der Waals surface area contributed by atoms with Gasteiger partial charge in [0, 0.05) is 26.7 Å². The summed E-state index contributed by atoms with van der Waals surface area (Å²) in [6, 6.07) is 0. The number of guanidine groups is 1. The molecule has 0 unspecified atom stereocenters. The van der Waals surface area contributed by atoms with Crippen LogP contribution in [0.3, 0.4) is 0 Å². The van der Waals surface area contributed by atoms with Gasteiger partial charge in [-0.2, -0.15) is 11.8 Å². The van der Waals surface area contributed by atoms with E-state index in [9.17, 15) is 0 Å². The summed E-state index contributed by atoms with van der Waals surface area (Å²) < 4.78 is 2.02. The van der Waals surface area contributed by atoms with Crippen LogP contribution in [0.1, 0.15) is 43.8 Å². The summed E-state index contributed by atoms with van der Waals surface area (Å²) in [5, 5.41) is 12.0. The van der Waals surface area contributed by atoms with Crippen molar-refractivity contribution in [1.82, 2.24) is 25.0 Å². The van der Waals surface area contributed by atoms with Gasteiger partial charge in [0.05, 0.1) is 0 Å². The SMILES string of the molecule is CSCCCNC(=NCc1nnc(C)n1C)N1CCC2(CCC2)C1.I. The Labute approximate surface area is 172 Å². The maximum absolute atomic E-state index is 4.87. The first-order chi connectivity index (χ1) is 11.6. The van der Waals surface area contributed by atoms with E-state index in [0.29, 0.717) is 12.0 Å². The molecule has 25 heavy (non-hydrogen) atoms. The molecular formula is C17H31IN6S. The Bertz CT molecular complexity index is 584. The van der Waals surface area contributed by atoms with Crippen LogP contribution in [-0.2, 0) is 13.6 Å². The predicted molar refractivity (Wildman–Crippen MR) is 116 cm³/mol. The third kappa shape index (κ3) is 5.02. The molecule has 1 spiro atoms. The van der Waals surface area contributed by atoms with Crippen molar-refractivity contribution in [2.75, 3.05) is 31.6 Å². The molecule has 1 aliphatic carbocycles. The zero-order valence-corrected chi connectivity index (χ0v) is 18.8. The van der Waals surface area contributed by atoms with Crippen LogP contribution in [0.2, 0.25) is 0 Å². The van der Waals surface area contributed by atoms with Crippen LogP contribution >= 0.6 is 35.7 Å². The number of hydrogen-bond donors (Lipinski definition) is 1. The molecule has 1 aromatic heterocycles. The second-order valence-corrected chi connectivity index (χ2v) is 8.15. The van der Waals surface area contributed by atoms with Crippen LogP contribution in [-0.4, -0.2) is 57.3 Å². The van der Waals surface area contributed by atoms with Crippen molar-refractivity contribution in [2.45, 2.75) is 45.6 Å². The molecule has 6 nitrogen and oxygen atoms in total. The number of hydrogen-bond acceptors (Lipinski definition) is 4. The highest BCUT2D eigenvalue weighted by Crippen LogP contribution is 2.47. The standard InChI is InChI=1S/C17H30N6S.HI/c1-14-20-21-15(22(14)2)12-19-16(18-9-5-11-24-3)23-10-8-17(13-23)6-4-7-17;/h4-13H2,1-3H3,(H,18,19);1H. The van der Waals surface area contributed by atoms with Crippen LogP contribution < -0.4 is 5.32 Å². The minimum absolute atomic E-state index is 0. The second-order valence-electron chi connectivity index (χ2n) is 7.16. The van der Waals surface area contributed by atoms with E-state index in [-0.39, 0.29) is 24.0 Å². The number of nitrogens with zero attached hydrogens (tertiary/aromatic N) is 5. The van der Waals surface area contributed by atoms with E-state index in [4.69, 9.17) is 4.99 Å². The molecule has 1 saturated carbocycles. The van der Waals surface area contributed by atoms with Crippen molar-refractivity contribution in [3.8, 4) is 0 Å². The maximum Gasteiger partial charge on any atom is 0.194 e. The number of halogens is 1. The summed E-state index contributed by atoms with van der Waals surface area (Å²) in [5.41, 5.74) is 0.586. The van der Waals surface area contributed by atoms with Gasteiger partial charge in [-0.25, -0.2) is 4.99 Å². The monoisotopic (exact) mass is 478 g/mol. The van der Waals surface area contributed by atoms with Crippen molar-refractivity contribution in [3.05, 3.63) is 11.6 Å². The normalized spacial score (nSPS) is 19.0. The smallest absolute Gasteiger partial charge is 0.194 e. The summed E-state index contributed by atoms with van der Waals surface area (Å²) in [4.78, 5) is 7.33. The number of aromatic nitrogens is 3. The number of aryl methyl sites for hydroxylation is 1. The lowest BCUT2D eigenvalue weighted by molar-refractivity contribution is 0.151. The van der Waals surface area contributed by atoms with Gasteiger partial charge in [0.25, 0.3) is 0 Å². The summed E-state index contributed by atoms with van der Waals surface area (Å²) in [6.07, 6.45) is 8.84. The van der Waals surface area contributed by atoms with Gasteiger partial charge in [0.15, 0.2) is 11.8 Å². The van der Waals surface area contributed by atoms with Crippen LogP contribution in [0.15, 0.2) is 4.99 Å². The minimum Gasteiger partial charge on any atom is -0.356 e. The van der Waals surface area contributed by atoms with E-state index in [1.165, 1.54) is 44.4 Å². The Balaban J connectivity index is 0.00000225. The van der Waals surface area contributed by atoms with Crippen LogP contribution in [0.5, 0.6) is 0 Å². The van der Waals surface area contributed by atoms with Crippen molar-refractivity contribution < 1.29 is 0 Å². The molecule has 1 aromatic rings. The fourth-order valence-electron chi connectivity index (χ4n) is 3.62. The predicted octanol–water partition coefficient (Wildman–Crippen LogP) is 2.82. The molecule has 2 heterocycles. The number of thioether (sulfide) groups is 1. The highest BCUT2D eigenvalue weighted by atomic mass is 127. The van der Waals surface area contributed by atoms with Crippen molar-refractivity contribution in [3.63, 3.8) is 0 Å². The van der Waals surface area contributed by atoms with Gasteiger partial charge in [0.1, 0.15) is 12.4 Å². The fraction of sp³-hybridized carbons (Fsp3) is 0.824. The molecule has 1 saturated heterocycles. The lowest BCUT2D eigenvalue weighted by Gasteiger charge is -2.38. The van der Waals surface area contributed by atoms with Crippen molar-refractivity contribution >= 4 is 41.7 Å². The van der Waals surface area contributed by atoms with Crippen LogP contribution in [0.4, 0.5) is 0 Å². The molecule has 8 heteroatoms. The fourth-order valence-corrected chi connectivity index (χ4v) is 4.05. The third-order valence-electron chi connectivity index (χ3n) is 5.51. The molecule has 1 N–H and O–H groups in total. The molecule has 2 aliphatic rings. The van der Waals surface area contributed by atoms with E-state index in [2.05, 4.69) is 26.7 Å². The van der Waals surface area contributed by atoms with Gasteiger partial charge in [-0.05, 0) is 50.0 Å². The van der Waals surface area contributed by atoms with Gasteiger partial charge in [0.2, 0.25) is 0 Å². The summed E-state index contributed by atoms with van der Waals surface area (Å²) in [7, 11) is 2.00. The minimum atomic E-state index is 0. The van der Waals surface area contributed by atoms with E-state index in [1.54, 1.807) is 0 Å². The maximum atomic E-state index is 4.87. The van der Waals surface area contributed by atoms with Crippen molar-refractivity contribution in [2.24, 2.45) is 17.5 Å². The Hall–Kier alpha value is -0.510. The molecule has 0 radical (unpaired) electrons. The number of nitrogens with one attached hydrogen (secondary N) is 1. The van der Waals surface area contributed by atoms with E-state index < -0.39 is 0 Å². The summed E-state index contributed by atoms with van der Waals surface area (Å²) in [5.74, 6) is 4.10. The molecule has 0 atom stereocenters. The first-order valence-corrected chi connectivity index (χ1v) is 10.4. The highest BCUT2D eigenvalue weighted by Gasteiger charge is 2.43. The average molecular weight is 478 g/mol. The molecule has 3 rings (SSSR count). The third-order valence-corrected chi connectivity index (χ3v) is 6.21. The Morgan fingerprint density at radius 1 is 1.32 bits per heavy atom. The number of likely N-dealkylation sites (tertiary alicyclic amines) is 1. The zero-order valence-electron chi connectivity index (χ0n) is 15.6. The highest BCUT2D eigenvalue weighted by molar-refractivity contribution is 14.0. The quantitative estimate of drug-likeness (QED) is 0.295. The number of rotatable bonds is 6. The molecule has 0 bridgehead atoms. The van der Waals surface area contributed by atoms with E-state index in [0.717, 1.165) is 30.7 Å². The van der Waals surface area contributed by atoms with Gasteiger partial charge in [-0.1, -0.05) is 6.42 Å². The molecule has 0 aromatic carbocycles. The molecule has 2 fully saturated rings. The van der Waals surface area contributed by atoms with Crippen LogP contribution in [0, 0.1) is 12.3 Å². The summed E-state index contributed by atoms with van der Waals surface area (Å²) in [6.45, 7) is 5.85. The van der Waals surface area contributed by atoms with Crippen LogP contribution in [0.25, 0.3) is 0 Å². The lowest BCUT2D eigenvalue weighted by Crippen LogP contribution is -2.43. The van der Waals surface area contributed by atoms with Gasteiger partial charge < -0.3 is 14.8 Å². The van der Waals surface area contributed by atoms with E-state index in [1.807, 2.05) is 30.3 Å². The Morgan fingerprint density at radius 2 is 2.12 bits per heavy atom. The molecular weight excluding hydrogens is 447 g/mol. The molecule has 1 aliphatic heterocycles. The second kappa shape index (κ2) is 9.43. The first kappa shape index (κ1) is 20.8. The lowest BCUT2D eigenvalue weighted by atomic mass is 9.68. The summed E-state index contributed by atoms with van der Waals surface area (Å²) >= 11 is 1.90. The zero-order chi connectivity index (χ0) is 17.0. The molecule has 142 valence electrons. The van der Waals surface area contributed by atoms with Gasteiger partial charge in [-0.3, -0.25) is 0 Å². The van der Waals surface area contributed by atoms with Crippen molar-refractivity contribution in [1.29, 1.82) is 0 Å². The number of aliphatic imine (C=N–C) groups is 1. The van der Waals surface area contributed by atoms with Gasteiger partial charge in [-0.15, -0.1) is 34.2 Å². The van der Waals surface area contributed by atoms with E-state index >= 15 is 0 Å². The van der Waals surface area contributed by atoms with Gasteiger partial charge >= 0.3 is 0 Å². The average Bonchev–Trinajstić information content (AvgIpc) is 3.13. The Kier molecular flexibility index (Phi) is 7.85.